The van der Waals surface area contributed by atoms with Crippen LogP contribution in [0, 0.1) is 0 Å². The number of amides is 1. The van der Waals surface area contributed by atoms with Gasteiger partial charge in [-0.2, -0.15) is 0 Å². The first-order valence-corrected chi connectivity index (χ1v) is 7.21. The van der Waals surface area contributed by atoms with Crippen molar-refractivity contribution in [1.82, 2.24) is 5.32 Å². The van der Waals surface area contributed by atoms with Crippen molar-refractivity contribution in [3.05, 3.63) is 28.2 Å². The van der Waals surface area contributed by atoms with E-state index in [4.69, 9.17) is 9.84 Å². The molecular formula is C14H20BrNO3. The maximum atomic E-state index is 11.9. The quantitative estimate of drug-likeness (QED) is 0.721. The molecule has 0 aromatic heterocycles. The number of hydrogen-bond donors (Lipinski definition) is 2. The molecule has 0 unspecified atom stereocenters. The number of methoxy groups -OCH3 is 1. The summed E-state index contributed by atoms with van der Waals surface area (Å²) in [6, 6.07) is 5.25. The molecule has 0 saturated heterocycles. The summed E-state index contributed by atoms with van der Waals surface area (Å²) < 4.78 is 5.89. The van der Waals surface area contributed by atoms with Gasteiger partial charge in [0.1, 0.15) is 5.75 Å². The summed E-state index contributed by atoms with van der Waals surface area (Å²) >= 11 is 3.36. The molecule has 1 aromatic rings. The van der Waals surface area contributed by atoms with E-state index in [9.17, 15) is 4.79 Å². The van der Waals surface area contributed by atoms with Crippen molar-refractivity contribution in [2.45, 2.75) is 25.7 Å². The Kier molecular flexibility index (Phi) is 7.52. The van der Waals surface area contributed by atoms with E-state index in [2.05, 4.69) is 21.2 Å². The molecule has 0 radical (unpaired) electrons. The van der Waals surface area contributed by atoms with Crippen LogP contribution in [0.1, 0.15) is 36.0 Å². The highest BCUT2D eigenvalue weighted by atomic mass is 79.9. The lowest BCUT2D eigenvalue weighted by Crippen LogP contribution is -2.24. The third kappa shape index (κ3) is 5.61. The second-order valence-corrected chi connectivity index (χ2v) is 5.10. The van der Waals surface area contributed by atoms with E-state index in [-0.39, 0.29) is 12.5 Å². The number of rotatable bonds is 8. The number of ether oxygens (including phenoxy) is 1. The average molecular weight is 330 g/mol. The van der Waals surface area contributed by atoms with E-state index in [1.807, 2.05) is 0 Å². The molecule has 0 aliphatic rings. The van der Waals surface area contributed by atoms with Gasteiger partial charge in [0.25, 0.3) is 5.91 Å². The van der Waals surface area contributed by atoms with Crippen molar-refractivity contribution in [2.75, 3.05) is 20.3 Å². The second-order valence-electron chi connectivity index (χ2n) is 4.24. The van der Waals surface area contributed by atoms with Crippen LogP contribution in [0.5, 0.6) is 5.75 Å². The van der Waals surface area contributed by atoms with Crippen molar-refractivity contribution in [3.8, 4) is 5.75 Å². The highest BCUT2D eigenvalue weighted by molar-refractivity contribution is 9.10. The molecule has 2 N–H and O–H groups in total. The van der Waals surface area contributed by atoms with Gasteiger partial charge in [-0.15, -0.1) is 0 Å². The summed E-state index contributed by atoms with van der Waals surface area (Å²) in [7, 11) is 1.59. The lowest BCUT2D eigenvalue weighted by Gasteiger charge is -2.07. The lowest BCUT2D eigenvalue weighted by molar-refractivity contribution is 0.0952. The van der Waals surface area contributed by atoms with Crippen LogP contribution < -0.4 is 10.1 Å². The van der Waals surface area contributed by atoms with Crippen molar-refractivity contribution in [1.29, 1.82) is 0 Å². The first kappa shape index (κ1) is 16.0. The Balaban J connectivity index is 2.35. The normalized spacial score (nSPS) is 10.3. The number of aliphatic hydroxyl groups is 1. The number of nitrogens with one attached hydrogen (secondary N) is 1. The van der Waals surface area contributed by atoms with E-state index in [0.29, 0.717) is 17.9 Å². The van der Waals surface area contributed by atoms with Gasteiger partial charge in [0.15, 0.2) is 0 Å². The second kappa shape index (κ2) is 8.93. The van der Waals surface area contributed by atoms with Gasteiger partial charge in [0.05, 0.1) is 11.6 Å². The third-order valence-corrected chi connectivity index (χ3v) is 3.40. The van der Waals surface area contributed by atoms with Crippen molar-refractivity contribution >= 4 is 21.8 Å². The Morgan fingerprint density at radius 1 is 1.32 bits per heavy atom. The Labute approximate surface area is 122 Å². The van der Waals surface area contributed by atoms with Gasteiger partial charge in [-0.1, -0.05) is 12.8 Å². The fourth-order valence-electron chi connectivity index (χ4n) is 1.70. The summed E-state index contributed by atoms with van der Waals surface area (Å²) in [5, 5.41) is 11.5. The molecule has 1 aromatic carbocycles. The SMILES string of the molecule is COc1ccc(C(=O)NCCCCCCO)cc1Br. The fraction of sp³-hybridized carbons (Fsp3) is 0.500. The van der Waals surface area contributed by atoms with Crippen LogP contribution in [0.15, 0.2) is 22.7 Å². The summed E-state index contributed by atoms with van der Waals surface area (Å²) in [5.41, 5.74) is 0.614. The smallest absolute Gasteiger partial charge is 0.251 e. The van der Waals surface area contributed by atoms with Crippen molar-refractivity contribution < 1.29 is 14.6 Å². The first-order valence-electron chi connectivity index (χ1n) is 6.41. The maximum absolute atomic E-state index is 11.9. The minimum Gasteiger partial charge on any atom is -0.496 e. The van der Waals surface area contributed by atoms with Gasteiger partial charge < -0.3 is 15.2 Å². The molecular weight excluding hydrogens is 310 g/mol. The number of unbranched alkanes of at least 4 members (excludes halogenated alkanes) is 3. The predicted molar refractivity (Wildman–Crippen MR) is 78.6 cm³/mol. The molecule has 0 aliphatic heterocycles. The molecule has 5 heteroatoms. The van der Waals surface area contributed by atoms with Crippen LogP contribution in [0.2, 0.25) is 0 Å². The predicted octanol–water partition coefficient (Wildman–Crippen LogP) is 2.74. The van der Waals surface area contributed by atoms with Gasteiger partial charge in [0, 0.05) is 18.7 Å². The van der Waals surface area contributed by atoms with Crippen LogP contribution in [0.3, 0.4) is 0 Å². The minimum atomic E-state index is -0.0782. The molecule has 4 nitrogen and oxygen atoms in total. The zero-order valence-corrected chi connectivity index (χ0v) is 12.7. The van der Waals surface area contributed by atoms with Crippen LogP contribution >= 0.6 is 15.9 Å². The zero-order valence-electron chi connectivity index (χ0n) is 11.1. The van der Waals surface area contributed by atoms with Gasteiger partial charge in [-0.25, -0.2) is 0 Å². The molecule has 1 amide bonds. The number of halogens is 1. The molecule has 0 bridgehead atoms. The Hall–Kier alpha value is -1.07. The van der Waals surface area contributed by atoms with E-state index >= 15 is 0 Å². The summed E-state index contributed by atoms with van der Waals surface area (Å²) in [6.07, 6.45) is 3.79. The summed E-state index contributed by atoms with van der Waals surface area (Å²) in [5.74, 6) is 0.631. The van der Waals surface area contributed by atoms with E-state index in [1.54, 1.807) is 25.3 Å². The van der Waals surface area contributed by atoms with Gasteiger partial charge in [-0.05, 0) is 47.0 Å². The number of benzene rings is 1. The molecule has 19 heavy (non-hydrogen) atoms. The van der Waals surface area contributed by atoms with Crippen LogP contribution in [0.25, 0.3) is 0 Å². The van der Waals surface area contributed by atoms with Crippen LogP contribution in [-0.2, 0) is 0 Å². The van der Waals surface area contributed by atoms with E-state index in [0.717, 1.165) is 30.2 Å². The van der Waals surface area contributed by atoms with E-state index < -0.39 is 0 Å². The topological polar surface area (TPSA) is 58.6 Å². The Morgan fingerprint density at radius 2 is 2.05 bits per heavy atom. The highest BCUT2D eigenvalue weighted by Gasteiger charge is 2.08. The average Bonchev–Trinajstić information content (AvgIpc) is 2.42. The van der Waals surface area contributed by atoms with Crippen LogP contribution in [0.4, 0.5) is 0 Å². The van der Waals surface area contributed by atoms with Gasteiger partial charge in [0.2, 0.25) is 0 Å². The lowest BCUT2D eigenvalue weighted by atomic mass is 10.2. The molecule has 0 heterocycles. The molecule has 0 spiro atoms. The highest BCUT2D eigenvalue weighted by Crippen LogP contribution is 2.25. The molecule has 0 aliphatic carbocycles. The number of carbonyl (C=O) groups is 1. The Bertz CT molecular complexity index is 410. The first-order chi connectivity index (χ1) is 9.19. The van der Waals surface area contributed by atoms with E-state index in [1.165, 1.54) is 0 Å². The molecule has 0 fully saturated rings. The molecule has 1 rings (SSSR count). The maximum Gasteiger partial charge on any atom is 0.251 e. The fourth-order valence-corrected chi connectivity index (χ4v) is 2.24. The van der Waals surface area contributed by atoms with Crippen molar-refractivity contribution in [3.63, 3.8) is 0 Å². The van der Waals surface area contributed by atoms with Gasteiger partial charge in [-0.3, -0.25) is 4.79 Å². The third-order valence-electron chi connectivity index (χ3n) is 2.78. The number of carbonyl (C=O) groups excluding carboxylic acids is 1. The molecule has 0 saturated carbocycles. The van der Waals surface area contributed by atoms with Gasteiger partial charge >= 0.3 is 0 Å². The number of aliphatic hydroxyl groups excluding tert-OH is 1. The minimum absolute atomic E-state index is 0.0782. The largest absolute Gasteiger partial charge is 0.496 e. The monoisotopic (exact) mass is 329 g/mol. The van der Waals surface area contributed by atoms with Crippen molar-refractivity contribution in [2.24, 2.45) is 0 Å². The van der Waals surface area contributed by atoms with Crippen LogP contribution in [-0.4, -0.2) is 31.3 Å². The standard InChI is InChI=1S/C14H20BrNO3/c1-19-13-7-6-11(10-12(13)15)14(18)16-8-4-2-3-5-9-17/h6-7,10,17H,2-5,8-9H2,1H3,(H,16,18). The summed E-state index contributed by atoms with van der Waals surface area (Å²) in [6.45, 7) is 0.903. The molecule has 0 atom stereocenters. The number of hydrogen-bond acceptors (Lipinski definition) is 3. The zero-order chi connectivity index (χ0) is 14.1. The summed E-state index contributed by atoms with van der Waals surface area (Å²) in [4.78, 5) is 11.9. The Morgan fingerprint density at radius 3 is 2.68 bits per heavy atom. The molecule has 106 valence electrons.